The molecule has 220 valence electrons. The molecule has 0 radical (unpaired) electrons. The number of ether oxygens (including phenoxy) is 6. The van der Waals surface area contributed by atoms with Crippen LogP contribution in [0, 0.1) is 17.8 Å². The van der Waals surface area contributed by atoms with Crippen molar-refractivity contribution >= 4 is 5.97 Å². The van der Waals surface area contributed by atoms with Gasteiger partial charge in [-0.3, -0.25) is 4.79 Å². The van der Waals surface area contributed by atoms with Gasteiger partial charge in [0.2, 0.25) is 6.36 Å². The second-order valence-electron chi connectivity index (χ2n) is 11.0. The fourth-order valence-corrected chi connectivity index (χ4v) is 5.53. The van der Waals surface area contributed by atoms with Crippen molar-refractivity contribution in [2.45, 2.75) is 97.4 Å². The second kappa shape index (κ2) is 14.5. The molecule has 0 amide bonds. The van der Waals surface area contributed by atoms with E-state index in [4.69, 9.17) is 28.4 Å². The lowest BCUT2D eigenvalue weighted by molar-refractivity contribution is -0.336. The number of benzene rings is 2. The molecule has 2 aromatic rings. The zero-order valence-corrected chi connectivity index (χ0v) is 24.1. The van der Waals surface area contributed by atoms with E-state index in [-0.39, 0.29) is 24.4 Å². The first-order valence-corrected chi connectivity index (χ1v) is 14.3. The van der Waals surface area contributed by atoms with Crippen LogP contribution in [0.2, 0.25) is 0 Å². The Morgan fingerprint density at radius 3 is 2.02 bits per heavy atom. The minimum atomic E-state index is -1.36. The average Bonchev–Trinajstić information content (AvgIpc) is 2.95. The van der Waals surface area contributed by atoms with Crippen LogP contribution in [-0.2, 0) is 46.4 Å². The summed E-state index contributed by atoms with van der Waals surface area (Å²) in [7, 11) is 0. The Balaban J connectivity index is 1.55. The molecular formula is C32H43FO7. The number of halogens is 1. The predicted octanol–water partition coefficient (Wildman–Crippen LogP) is 5.84. The highest BCUT2D eigenvalue weighted by molar-refractivity contribution is 5.66. The van der Waals surface area contributed by atoms with Crippen LogP contribution in [0.5, 0.6) is 0 Å². The molecule has 0 spiro atoms. The van der Waals surface area contributed by atoms with Crippen LogP contribution in [0.1, 0.15) is 52.2 Å². The molecule has 4 rings (SSSR count). The lowest BCUT2D eigenvalue weighted by Gasteiger charge is -2.48. The minimum absolute atomic E-state index is 0.134. The van der Waals surface area contributed by atoms with E-state index in [1.807, 2.05) is 88.4 Å². The molecule has 0 aromatic heterocycles. The monoisotopic (exact) mass is 558 g/mol. The molecule has 2 aliphatic heterocycles. The topological polar surface area (TPSA) is 72.5 Å². The Bertz CT molecular complexity index is 1040. The highest BCUT2D eigenvalue weighted by atomic mass is 19.1. The van der Waals surface area contributed by atoms with Gasteiger partial charge in [-0.1, -0.05) is 88.4 Å². The van der Waals surface area contributed by atoms with E-state index < -0.39 is 49.1 Å². The molecule has 2 fully saturated rings. The largest absolute Gasteiger partial charge is 0.457 e. The summed E-state index contributed by atoms with van der Waals surface area (Å²) in [6.07, 6.45) is -4.21. The van der Waals surface area contributed by atoms with Crippen LogP contribution in [-0.4, -0.2) is 55.7 Å². The van der Waals surface area contributed by atoms with Gasteiger partial charge in [-0.2, -0.15) is 0 Å². The van der Waals surface area contributed by atoms with Crippen molar-refractivity contribution in [1.29, 1.82) is 0 Å². The summed E-state index contributed by atoms with van der Waals surface area (Å²) in [5.41, 5.74) is 2.07. The van der Waals surface area contributed by atoms with Gasteiger partial charge < -0.3 is 28.4 Å². The molecule has 2 heterocycles. The summed E-state index contributed by atoms with van der Waals surface area (Å²) in [5, 5.41) is 0. The van der Waals surface area contributed by atoms with Crippen LogP contribution in [0.3, 0.4) is 0 Å². The third-order valence-corrected chi connectivity index (χ3v) is 8.09. The normalized spacial score (nSPS) is 34.4. The molecule has 2 saturated heterocycles. The first-order valence-electron chi connectivity index (χ1n) is 14.3. The Labute approximate surface area is 237 Å². The van der Waals surface area contributed by atoms with E-state index in [0.717, 1.165) is 11.1 Å². The van der Waals surface area contributed by atoms with Gasteiger partial charge in [0, 0.05) is 18.8 Å². The molecular weight excluding hydrogens is 515 g/mol. The quantitative estimate of drug-likeness (QED) is 0.321. The van der Waals surface area contributed by atoms with Gasteiger partial charge in [0.05, 0.1) is 38.1 Å². The van der Waals surface area contributed by atoms with Crippen molar-refractivity contribution in [2.24, 2.45) is 17.8 Å². The summed E-state index contributed by atoms with van der Waals surface area (Å²) in [5.74, 6) is -1.20. The van der Waals surface area contributed by atoms with Gasteiger partial charge in [0.15, 0.2) is 12.4 Å². The van der Waals surface area contributed by atoms with Gasteiger partial charge in [-0.15, -0.1) is 0 Å². The molecule has 10 atom stereocenters. The summed E-state index contributed by atoms with van der Waals surface area (Å²) in [4.78, 5) is 12.2. The lowest BCUT2D eigenvalue weighted by atomic mass is 9.84. The fourth-order valence-electron chi connectivity index (χ4n) is 5.53. The number of alkyl halides is 1. The van der Waals surface area contributed by atoms with Crippen LogP contribution < -0.4 is 0 Å². The molecule has 40 heavy (non-hydrogen) atoms. The molecule has 0 N–H and O–H groups in total. The first-order chi connectivity index (χ1) is 19.3. The van der Waals surface area contributed by atoms with Crippen LogP contribution >= 0.6 is 0 Å². The van der Waals surface area contributed by atoms with Crippen molar-refractivity contribution in [3.05, 3.63) is 71.8 Å². The molecule has 2 aliphatic rings. The second-order valence-corrected chi connectivity index (χ2v) is 11.0. The Morgan fingerprint density at radius 2 is 1.43 bits per heavy atom. The third-order valence-electron chi connectivity index (χ3n) is 8.09. The molecule has 2 aromatic carbocycles. The van der Waals surface area contributed by atoms with Crippen molar-refractivity contribution in [2.75, 3.05) is 6.61 Å². The molecule has 7 nitrogen and oxygen atoms in total. The van der Waals surface area contributed by atoms with E-state index in [0.29, 0.717) is 19.6 Å². The smallest absolute Gasteiger partial charge is 0.303 e. The van der Waals surface area contributed by atoms with E-state index in [1.54, 1.807) is 0 Å². The summed E-state index contributed by atoms with van der Waals surface area (Å²) >= 11 is 0. The molecule has 4 unspecified atom stereocenters. The number of rotatable bonds is 11. The van der Waals surface area contributed by atoms with Gasteiger partial charge in [0.25, 0.3) is 0 Å². The minimum Gasteiger partial charge on any atom is -0.457 e. The zero-order chi connectivity index (χ0) is 28.6. The van der Waals surface area contributed by atoms with E-state index in [1.165, 1.54) is 6.92 Å². The SMILES string of the molecule is CCC1O[C@@H](F)C(C)[C@@H](C)[C@@H]1O[C@@H]1OC(COCc2ccccc2)[C@H](OCc2ccccc2)[C@H](C)C1OC(C)=O. The number of hydrogen-bond donors (Lipinski definition) is 0. The van der Waals surface area contributed by atoms with E-state index >= 15 is 0 Å². The number of hydrogen-bond acceptors (Lipinski definition) is 7. The molecule has 0 bridgehead atoms. The van der Waals surface area contributed by atoms with Crippen molar-refractivity contribution in [1.82, 2.24) is 0 Å². The number of carbonyl (C=O) groups is 1. The van der Waals surface area contributed by atoms with Gasteiger partial charge in [0.1, 0.15) is 6.10 Å². The maximum absolute atomic E-state index is 14.5. The van der Waals surface area contributed by atoms with Crippen molar-refractivity contribution < 1.29 is 37.6 Å². The maximum Gasteiger partial charge on any atom is 0.303 e. The molecule has 0 aliphatic carbocycles. The number of esters is 1. The number of carbonyl (C=O) groups excluding carboxylic acids is 1. The predicted molar refractivity (Wildman–Crippen MR) is 148 cm³/mol. The first kappa shape index (κ1) is 30.6. The van der Waals surface area contributed by atoms with Gasteiger partial charge >= 0.3 is 5.97 Å². The highest BCUT2D eigenvalue weighted by Crippen LogP contribution is 2.38. The van der Waals surface area contributed by atoms with E-state index in [9.17, 15) is 9.18 Å². The standard InChI is InChI=1S/C32H43FO7/c1-6-26-29(20(2)21(3)31(33)38-26)40-32-30(37-23(5)34)22(4)28(36-18-25-15-11-8-12-16-25)27(39-32)19-35-17-24-13-9-7-10-14-24/h7-16,20-22,26-32H,6,17-19H2,1-5H3/t20-,21?,22+,26?,27?,28-,29+,30?,31-,32+/m1/s1. The Hall–Kier alpha value is -2.36. The summed E-state index contributed by atoms with van der Waals surface area (Å²) < 4.78 is 51.6. The highest BCUT2D eigenvalue weighted by Gasteiger charge is 2.50. The van der Waals surface area contributed by atoms with Crippen molar-refractivity contribution in [3.8, 4) is 0 Å². The van der Waals surface area contributed by atoms with Crippen LogP contribution in [0.4, 0.5) is 4.39 Å². The molecule has 0 saturated carbocycles. The van der Waals surface area contributed by atoms with Crippen molar-refractivity contribution in [3.63, 3.8) is 0 Å². The van der Waals surface area contributed by atoms with E-state index in [2.05, 4.69) is 0 Å². The Kier molecular flexibility index (Phi) is 11.1. The summed E-state index contributed by atoms with van der Waals surface area (Å²) in [6, 6.07) is 19.8. The average molecular weight is 559 g/mol. The Morgan fingerprint density at radius 1 is 0.800 bits per heavy atom. The summed E-state index contributed by atoms with van der Waals surface area (Å²) in [6.45, 7) is 10.1. The van der Waals surface area contributed by atoms with Gasteiger partial charge in [-0.25, -0.2) is 4.39 Å². The van der Waals surface area contributed by atoms with Crippen LogP contribution in [0.15, 0.2) is 60.7 Å². The maximum atomic E-state index is 14.5. The zero-order valence-electron chi connectivity index (χ0n) is 24.1. The van der Waals surface area contributed by atoms with Crippen LogP contribution in [0.25, 0.3) is 0 Å². The lowest BCUT2D eigenvalue weighted by Crippen LogP contribution is -2.60. The third kappa shape index (κ3) is 7.68. The van der Waals surface area contributed by atoms with Gasteiger partial charge in [-0.05, 0) is 23.5 Å². The molecule has 8 heteroatoms. The fraction of sp³-hybridized carbons (Fsp3) is 0.594.